The number of carboxylic acid groups (broad SMARTS) is 1. The Labute approximate surface area is 123 Å². The lowest BCUT2D eigenvalue weighted by atomic mass is 9.89. The van der Waals surface area contributed by atoms with Gasteiger partial charge < -0.3 is 9.84 Å². The monoisotopic (exact) mass is 311 g/mol. The van der Waals surface area contributed by atoms with Gasteiger partial charge in [-0.05, 0) is 31.4 Å². The molecule has 2 bridgehead atoms. The Balaban J connectivity index is 2.02. The number of para-hydroxylation sites is 1. The number of benzene rings is 1. The number of sulfonamides is 1. The number of fused-ring (bicyclic) bond motifs is 2. The van der Waals surface area contributed by atoms with Gasteiger partial charge >= 0.3 is 5.97 Å². The van der Waals surface area contributed by atoms with Gasteiger partial charge in [-0.15, -0.1) is 0 Å². The second-order valence-corrected chi connectivity index (χ2v) is 7.28. The number of nitrogens with zero attached hydrogens (tertiary/aromatic N) is 1. The summed E-state index contributed by atoms with van der Waals surface area (Å²) >= 11 is 0. The van der Waals surface area contributed by atoms with Crippen LogP contribution in [0, 0.1) is 5.92 Å². The van der Waals surface area contributed by atoms with Crippen molar-refractivity contribution in [2.24, 2.45) is 5.92 Å². The molecule has 1 N–H and O–H groups in total. The predicted molar refractivity (Wildman–Crippen MR) is 74.6 cm³/mol. The fraction of sp³-hybridized carbons (Fsp3) is 0.500. The summed E-state index contributed by atoms with van der Waals surface area (Å²) in [5.41, 5.74) is 0. The molecular weight excluding hydrogens is 294 g/mol. The molecule has 0 amide bonds. The molecule has 7 heteroatoms. The number of rotatable bonds is 4. The summed E-state index contributed by atoms with van der Waals surface area (Å²) in [5.74, 6) is -1.23. The Kier molecular flexibility index (Phi) is 3.41. The third kappa shape index (κ3) is 2.11. The van der Waals surface area contributed by atoms with Crippen molar-refractivity contribution in [2.75, 3.05) is 7.11 Å². The van der Waals surface area contributed by atoms with Crippen LogP contribution in [0.3, 0.4) is 0 Å². The van der Waals surface area contributed by atoms with Crippen LogP contribution in [0.5, 0.6) is 5.75 Å². The molecule has 0 radical (unpaired) electrons. The molecule has 6 nitrogen and oxygen atoms in total. The summed E-state index contributed by atoms with van der Waals surface area (Å²) in [6, 6.07) is 5.79. The van der Waals surface area contributed by atoms with Crippen LogP contribution in [0.4, 0.5) is 0 Å². The maximum absolute atomic E-state index is 12.9. The summed E-state index contributed by atoms with van der Waals surface area (Å²) in [4.78, 5) is 11.4. The van der Waals surface area contributed by atoms with Crippen LogP contribution in [-0.2, 0) is 14.8 Å². The van der Waals surface area contributed by atoms with E-state index in [1.165, 1.54) is 17.5 Å². The van der Waals surface area contributed by atoms with Gasteiger partial charge in [-0.2, -0.15) is 4.31 Å². The van der Waals surface area contributed by atoms with Crippen LogP contribution in [0.15, 0.2) is 29.2 Å². The Bertz CT molecular complexity index is 672. The van der Waals surface area contributed by atoms with E-state index < -0.39 is 28.0 Å². The molecule has 0 aromatic heterocycles. The second-order valence-electron chi connectivity index (χ2n) is 5.46. The van der Waals surface area contributed by atoms with Gasteiger partial charge in [0.2, 0.25) is 10.0 Å². The Morgan fingerprint density at radius 1 is 1.33 bits per heavy atom. The minimum Gasteiger partial charge on any atom is -0.495 e. The van der Waals surface area contributed by atoms with E-state index in [-0.39, 0.29) is 16.7 Å². The number of aliphatic carboxylic acids is 1. The average molecular weight is 311 g/mol. The number of methoxy groups -OCH3 is 1. The van der Waals surface area contributed by atoms with Crippen LogP contribution in [0.2, 0.25) is 0 Å². The number of carbonyl (C=O) groups is 1. The van der Waals surface area contributed by atoms with E-state index in [1.54, 1.807) is 18.2 Å². The van der Waals surface area contributed by atoms with Crippen molar-refractivity contribution in [2.45, 2.75) is 36.2 Å². The van der Waals surface area contributed by atoms with Gasteiger partial charge in [0.1, 0.15) is 10.6 Å². The summed E-state index contributed by atoms with van der Waals surface area (Å²) in [7, 11) is -2.32. The highest BCUT2D eigenvalue weighted by Gasteiger charge is 2.54. The first-order valence-electron chi connectivity index (χ1n) is 6.86. The number of hydrogen-bond acceptors (Lipinski definition) is 4. The molecule has 1 aromatic rings. The summed E-state index contributed by atoms with van der Waals surface area (Å²) in [6.07, 6.45) is 1.73. The first-order valence-corrected chi connectivity index (χ1v) is 8.30. The maximum atomic E-state index is 12.9. The van der Waals surface area contributed by atoms with Crippen LogP contribution in [0.1, 0.15) is 19.3 Å². The van der Waals surface area contributed by atoms with Crippen molar-refractivity contribution in [1.29, 1.82) is 0 Å². The molecule has 3 rings (SSSR count). The van der Waals surface area contributed by atoms with Gasteiger partial charge in [-0.1, -0.05) is 12.1 Å². The van der Waals surface area contributed by atoms with E-state index in [1.807, 2.05) is 0 Å². The SMILES string of the molecule is COc1ccccc1S(=O)(=O)N1C2CCC1C(C(=O)O)C2. The van der Waals surface area contributed by atoms with Crippen molar-refractivity contribution < 1.29 is 23.1 Å². The molecule has 0 saturated carbocycles. The Hall–Kier alpha value is -1.60. The quantitative estimate of drug-likeness (QED) is 0.906. The van der Waals surface area contributed by atoms with E-state index in [0.717, 1.165) is 6.42 Å². The zero-order valence-corrected chi connectivity index (χ0v) is 12.4. The molecule has 2 saturated heterocycles. The molecule has 0 aliphatic carbocycles. The highest BCUT2D eigenvalue weighted by molar-refractivity contribution is 7.89. The fourth-order valence-corrected chi connectivity index (χ4v) is 5.60. The third-order valence-electron chi connectivity index (χ3n) is 4.41. The van der Waals surface area contributed by atoms with E-state index in [4.69, 9.17) is 4.74 Å². The van der Waals surface area contributed by atoms with Gasteiger partial charge in [0.05, 0.1) is 13.0 Å². The molecule has 114 valence electrons. The zero-order chi connectivity index (χ0) is 15.2. The van der Waals surface area contributed by atoms with Gasteiger partial charge in [0, 0.05) is 12.1 Å². The largest absolute Gasteiger partial charge is 0.495 e. The van der Waals surface area contributed by atoms with Crippen molar-refractivity contribution in [1.82, 2.24) is 4.31 Å². The van der Waals surface area contributed by atoms with E-state index in [0.29, 0.717) is 12.8 Å². The minimum atomic E-state index is -3.74. The molecule has 1 aromatic carbocycles. The van der Waals surface area contributed by atoms with Crippen molar-refractivity contribution in [3.8, 4) is 5.75 Å². The molecular formula is C14H17NO5S. The van der Waals surface area contributed by atoms with Crippen molar-refractivity contribution in [3.63, 3.8) is 0 Å². The number of carboxylic acids is 1. The van der Waals surface area contributed by atoms with Gasteiger partial charge in [0.25, 0.3) is 0 Å². The molecule has 3 unspecified atom stereocenters. The number of ether oxygens (including phenoxy) is 1. The van der Waals surface area contributed by atoms with Crippen LogP contribution >= 0.6 is 0 Å². The molecule has 3 atom stereocenters. The van der Waals surface area contributed by atoms with E-state index >= 15 is 0 Å². The Morgan fingerprint density at radius 2 is 2.05 bits per heavy atom. The fourth-order valence-electron chi connectivity index (χ4n) is 3.52. The zero-order valence-electron chi connectivity index (χ0n) is 11.6. The predicted octanol–water partition coefficient (Wildman–Crippen LogP) is 1.32. The van der Waals surface area contributed by atoms with E-state index in [2.05, 4.69) is 0 Å². The maximum Gasteiger partial charge on any atom is 0.308 e. The first kappa shape index (κ1) is 14.3. The smallest absolute Gasteiger partial charge is 0.308 e. The van der Waals surface area contributed by atoms with Crippen LogP contribution in [-0.4, -0.2) is 43.0 Å². The van der Waals surface area contributed by atoms with Gasteiger partial charge in [0.15, 0.2) is 0 Å². The summed E-state index contributed by atoms with van der Waals surface area (Å²) in [5, 5.41) is 9.24. The minimum absolute atomic E-state index is 0.107. The average Bonchev–Trinajstić information content (AvgIpc) is 3.05. The molecule has 2 aliphatic heterocycles. The Morgan fingerprint density at radius 3 is 2.67 bits per heavy atom. The topological polar surface area (TPSA) is 83.9 Å². The molecule has 21 heavy (non-hydrogen) atoms. The van der Waals surface area contributed by atoms with Crippen LogP contribution in [0.25, 0.3) is 0 Å². The molecule has 0 spiro atoms. The summed E-state index contributed by atoms with van der Waals surface area (Å²) < 4.78 is 32.3. The lowest BCUT2D eigenvalue weighted by Gasteiger charge is -2.23. The lowest BCUT2D eigenvalue weighted by molar-refractivity contribution is -0.142. The lowest BCUT2D eigenvalue weighted by Crippen LogP contribution is -2.38. The number of hydrogen-bond donors (Lipinski definition) is 1. The molecule has 2 heterocycles. The van der Waals surface area contributed by atoms with Gasteiger partial charge in [-0.3, -0.25) is 4.79 Å². The highest BCUT2D eigenvalue weighted by Crippen LogP contribution is 2.45. The van der Waals surface area contributed by atoms with Crippen LogP contribution < -0.4 is 4.74 Å². The van der Waals surface area contributed by atoms with E-state index in [9.17, 15) is 18.3 Å². The summed E-state index contributed by atoms with van der Waals surface area (Å²) in [6.45, 7) is 0. The highest BCUT2D eigenvalue weighted by atomic mass is 32.2. The second kappa shape index (κ2) is 4.99. The third-order valence-corrected chi connectivity index (χ3v) is 6.43. The molecule has 2 aliphatic rings. The van der Waals surface area contributed by atoms with Gasteiger partial charge in [-0.25, -0.2) is 8.42 Å². The standard InChI is InChI=1S/C14H17NO5S/c1-20-12-4-2-3-5-13(12)21(18,19)15-9-6-7-11(15)10(8-9)14(16)17/h2-5,9-11H,6-8H2,1H3,(H,16,17). The molecule has 2 fully saturated rings. The van der Waals surface area contributed by atoms with Crippen molar-refractivity contribution in [3.05, 3.63) is 24.3 Å². The first-order chi connectivity index (χ1) is 9.96. The van der Waals surface area contributed by atoms with Crippen molar-refractivity contribution >= 4 is 16.0 Å². The normalized spacial score (nSPS) is 28.7.